The molecule has 1 amide bonds. The van der Waals surface area contributed by atoms with Gasteiger partial charge in [0.2, 0.25) is 6.41 Å². The van der Waals surface area contributed by atoms with Crippen LogP contribution in [0.25, 0.3) is 0 Å². The molecule has 2 N–H and O–H groups in total. The number of allylic oxidation sites excluding steroid dienone is 1. The summed E-state index contributed by atoms with van der Waals surface area (Å²) in [5, 5.41) is 11.8. The highest BCUT2D eigenvalue weighted by Crippen LogP contribution is 2.50. The Morgan fingerprint density at radius 2 is 2.00 bits per heavy atom. The molecule has 0 fully saturated rings. The van der Waals surface area contributed by atoms with E-state index in [2.05, 4.69) is 10.3 Å². The van der Waals surface area contributed by atoms with Gasteiger partial charge in [0.15, 0.2) is 5.78 Å². The third-order valence-electron chi connectivity index (χ3n) is 4.92. The van der Waals surface area contributed by atoms with Crippen molar-refractivity contribution in [3.05, 3.63) is 71.1 Å². The summed E-state index contributed by atoms with van der Waals surface area (Å²) in [6.07, 6.45) is 3.16. The average Bonchev–Trinajstić information content (AvgIpc) is 2.99. The lowest BCUT2D eigenvalue weighted by molar-refractivity contribution is -0.136. The van der Waals surface area contributed by atoms with Crippen molar-refractivity contribution in [2.45, 2.75) is 18.9 Å². The fourth-order valence-electron chi connectivity index (χ4n) is 3.80. The first-order valence-corrected chi connectivity index (χ1v) is 8.76. The number of Topliss-reactive ketones (excluding diaryl/α,β-unsaturated/α-hetero) is 1. The van der Waals surface area contributed by atoms with Gasteiger partial charge in [0.25, 0.3) is 0 Å². The molecular formula is C21H17N3O4. The zero-order valence-corrected chi connectivity index (χ0v) is 14.8. The molecular weight excluding hydrogens is 358 g/mol. The second-order valence-electron chi connectivity index (χ2n) is 6.60. The Kier molecular flexibility index (Phi) is 4.49. The second kappa shape index (κ2) is 7.11. The number of carboxylic acids is 1. The fourth-order valence-corrected chi connectivity index (χ4v) is 3.80. The van der Waals surface area contributed by atoms with E-state index < -0.39 is 11.9 Å². The van der Waals surface area contributed by atoms with Crippen LogP contribution in [0, 0.1) is 0 Å². The van der Waals surface area contributed by atoms with Gasteiger partial charge in [-0.3, -0.25) is 19.4 Å². The van der Waals surface area contributed by atoms with E-state index in [4.69, 9.17) is 0 Å². The lowest BCUT2D eigenvalue weighted by atomic mass is 9.90. The standard InChI is InChI=1S/C21H17N3O4/c25-12-23-21-14(8-18(27)28)6-7-15-20(21)19-16(9-22-10-17(19)26)24(15)11-13-4-2-1-3-5-13/h1-7,9-10,12,19H,8,11H2,(H,23,25)(H,27,28). The third kappa shape index (κ3) is 2.96. The van der Waals surface area contributed by atoms with Crippen LogP contribution in [-0.4, -0.2) is 29.5 Å². The number of nitrogens with zero attached hydrogens (tertiary/aromatic N) is 2. The number of rotatable bonds is 6. The molecule has 0 aromatic heterocycles. The summed E-state index contributed by atoms with van der Waals surface area (Å²) in [5.41, 5.74) is 3.98. The minimum absolute atomic E-state index is 0.198. The number of carboxylic acid groups (broad SMARTS) is 1. The van der Waals surface area contributed by atoms with Crippen molar-refractivity contribution in [1.29, 1.82) is 0 Å². The van der Waals surface area contributed by atoms with E-state index in [0.29, 0.717) is 35.5 Å². The predicted molar refractivity (Wildman–Crippen MR) is 104 cm³/mol. The normalized spacial score (nSPS) is 17.0. The number of benzene rings is 2. The molecule has 7 heteroatoms. The van der Waals surface area contributed by atoms with Crippen molar-refractivity contribution in [2.75, 3.05) is 10.2 Å². The summed E-state index contributed by atoms with van der Waals surface area (Å²) in [6.45, 7) is 0.526. The van der Waals surface area contributed by atoms with E-state index in [0.717, 1.165) is 11.3 Å². The summed E-state index contributed by atoms with van der Waals surface area (Å²) in [7, 11) is 0. The highest BCUT2D eigenvalue weighted by Gasteiger charge is 2.41. The molecule has 2 aliphatic rings. The summed E-state index contributed by atoms with van der Waals surface area (Å²) in [6, 6.07) is 13.3. The summed E-state index contributed by atoms with van der Waals surface area (Å²) < 4.78 is 0. The highest BCUT2D eigenvalue weighted by atomic mass is 16.4. The van der Waals surface area contributed by atoms with Gasteiger partial charge in [0, 0.05) is 24.0 Å². The van der Waals surface area contributed by atoms with Crippen molar-refractivity contribution in [3.63, 3.8) is 0 Å². The molecule has 2 aromatic rings. The average molecular weight is 375 g/mol. The van der Waals surface area contributed by atoms with Crippen molar-refractivity contribution >= 4 is 35.8 Å². The van der Waals surface area contributed by atoms with Crippen LogP contribution in [0.3, 0.4) is 0 Å². The van der Waals surface area contributed by atoms with Crippen LogP contribution >= 0.6 is 0 Å². The maximum Gasteiger partial charge on any atom is 0.307 e. The Balaban J connectivity index is 1.88. The van der Waals surface area contributed by atoms with Gasteiger partial charge in [-0.1, -0.05) is 36.4 Å². The maximum atomic E-state index is 12.7. The Hall–Kier alpha value is -3.74. The minimum atomic E-state index is -1.01. The topological polar surface area (TPSA) is 99.1 Å². The van der Waals surface area contributed by atoms with Crippen molar-refractivity contribution in [1.82, 2.24) is 0 Å². The number of carbonyl (C=O) groups is 3. The van der Waals surface area contributed by atoms with Crippen LogP contribution in [0.2, 0.25) is 0 Å². The number of hydrogen-bond acceptors (Lipinski definition) is 5. The van der Waals surface area contributed by atoms with Gasteiger partial charge in [-0.15, -0.1) is 0 Å². The fraction of sp³-hybridized carbons (Fsp3) is 0.143. The summed E-state index contributed by atoms with van der Waals surface area (Å²) in [5.74, 6) is -1.83. The number of aliphatic carboxylic acids is 1. The van der Waals surface area contributed by atoms with E-state index in [9.17, 15) is 19.5 Å². The molecule has 1 atom stereocenters. The number of amides is 1. The number of aliphatic imine (C=N–C) groups is 1. The molecule has 0 saturated heterocycles. The number of fused-ring (bicyclic) bond motifs is 3. The molecule has 0 radical (unpaired) electrons. The van der Waals surface area contributed by atoms with Gasteiger partial charge in [0.1, 0.15) is 0 Å². The van der Waals surface area contributed by atoms with E-state index in [1.54, 1.807) is 18.3 Å². The summed E-state index contributed by atoms with van der Waals surface area (Å²) in [4.78, 5) is 41.2. The van der Waals surface area contributed by atoms with Gasteiger partial charge < -0.3 is 15.3 Å². The van der Waals surface area contributed by atoms with Crippen LogP contribution in [0.4, 0.5) is 11.4 Å². The van der Waals surface area contributed by atoms with E-state index >= 15 is 0 Å². The smallest absolute Gasteiger partial charge is 0.307 e. The van der Waals surface area contributed by atoms with E-state index in [-0.39, 0.29) is 12.2 Å². The van der Waals surface area contributed by atoms with Crippen molar-refractivity contribution < 1.29 is 19.5 Å². The lowest BCUT2D eigenvalue weighted by Crippen LogP contribution is -2.24. The molecule has 7 nitrogen and oxygen atoms in total. The number of hydrogen-bond donors (Lipinski definition) is 2. The predicted octanol–water partition coefficient (Wildman–Crippen LogP) is 2.48. The zero-order valence-electron chi connectivity index (χ0n) is 14.8. The Morgan fingerprint density at radius 1 is 1.21 bits per heavy atom. The number of anilines is 2. The van der Waals surface area contributed by atoms with Crippen LogP contribution in [-0.2, 0) is 27.3 Å². The molecule has 2 aliphatic heterocycles. The van der Waals surface area contributed by atoms with Crippen molar-refractivity contribution in [3.8, 4) is 0 Å². The molecule has 2 heterocycles. The van der Waals surface area contributed by atoms with E-state index in [1.165, 1.54) is 6.21 Å². The number of ketones is 1. The first kappa shape index (κ1) is 17.7. The maximum absolute atomic E-state index is 12.7. The summed E-state index contributed by atoms with van der Waals surface area (Å²) >= 11 is 0. The second-order valence-corrected chi connectivity index (χ2v) is 6.60. The van der Waals surface area contributed by atoms with E-state index in [1.807, 2.05) is 35.2 Å². The molecule has 28 heavy (non-hydrogen) atoms. The molecule has 4 rings (SSSR count). The monoisotopic (exact) mass is 375 g/mol. The largest absolute Gasteiger partial charge is 0.481 e. The first-order valence-electron chi connectivity index (χ1n) is 8.76. The molecule has 0 spiro atoms. The number of nitrogens with one attached hydrogen (secondary N) is 1. The Bertz CT molecular complexity index is 1030. The molecule has 1 unspecified atom stereocenters. The highest BCUT2D eigenvalue weighted by molar-refractivity contribution is 6.33. The SMILES string of the molecule is O=CNc1c(CC(=O)O)ccc2c1C1C(=O)C=NC=C1N2Cc1ccccc1. The van der Waals surface area contributed by atoms with Gasteiger partial charge in [-0.25, -0.2) is 0 Å². The molecule has 0 saturated carbocycles. The molecule has 0 bridgehead atoms. The molecule has 0 aliphatic carbocycles. The van der Waals surface area contributed by atoms with Crippen LogP contribution < -0.4 is 10.2 Å². The van der Waals surface area contributed by atoms with Gasteiger partial charge >= 0.3 is 5.97 Å². The molecule has 2 aromatic carbocycles. The number of carbonyl (C=O) groups excluding carboxylic acids is 2. The van der Waals surface area contributed by atoms with Crippen LogP contribution in [0.15, 0.2) is 59.4 Å². The van der Waals surface area contributed by atoms with Crippen LogP contribution in [0.1, 0.15) is 22.6 Å². The Morgan fingerprint density at radius 3 is 2.71 bits per heavy atom. The Labute approximate surface area is 161 Å². The molecule has 140 valence electrons. The lowest BCUT2D eigenvalue weighted by Gasteiger charge is -2.23. The quantitative estimate of drug-likeness (QED) is 0.756. The van der Waals surface area contributed by atoms with Crippen molar-refractivity contribution in [2.24, 2.45) is 4.99 Å². The minimum Gasteiger partial charge on any atom is -0.481 e. The zero-order chi connectivity index (χ0) is 19.7. The van der Waals surface area contributed by atoms with Gasteiger partial charge in [0.05, 0.1) is 29.9 Å². The first-order chi connectivity index (χ1) is 13.6. The van der Waals surface area contributed by atoms with Gasteiger partial charge in [-0.05, 0) is 17.2 Å². The van der Waals surface area contributed by atoms with Gasteiger partial charge in [-0.2, -0.15) is 0 Å². The van der Waals surface area contributed by atoms with Crippen LogP contribution in [0.5, 0.6) is 0 Å². The third-order valence-corrected chi connectivity index (χ3v) is 4.92.